The number of hydrogen-bond donors (Lipinski definition) is 2. The predicted octanol–water partition coefficient (Wildman–Crippen LogP) is 1.29. The van der Waals surface area contributed by atoms with E-state index in [9.17, 15) is 5.11 Å². The van der Waals surface area contributed by atoms with Gasteiger partial charge in [0.1, 0.15) is 0 Å². The molecule has 1 aliphatic heterocycles. The Bertz CT molecular complexity index is 165. The number of nitrogens with one attached hydrogen (secondary N) is 1. The summed E-state index contributed by atoms with van der Waals surface area (Å²) in [5.41, 5.74) is 0.246. The molecule has 2 aliphatic rings. The van der Waals surface area contributed by atoms with Crippen molar-refractivity contribution in [2.24, 2.45) is 5.92 Å². The van der Waals surface area contributed by atoms with E-state index in [-0.39, 0.29) is 11.6 Å². The Morgan fingerprint density at radius 3 is 2.50 bits per heavy atom. The third-order valence-electron chi connectivity index (χ3n) is 3.66. The Balaban J connectivity index is 2.00. The Kier molecular flexibility index (Phi) is 2.13. The first-order chi connectivity index (χ1) is 5.71. The number of hydrogen-bond acceptors (Lipinski definition) is 2. The highest BCUT2D eigenvalue weighted by molar-refractivity contribution is 4.99. The Hall–Kier alpha value is -0.0800. The summed E-state index contributed by atoms with van der Waals surface area (Å²) in [6.45, 7) is 3.08. The van der Waals surface area contributed by atoms with Crippen molar-refractivity contribution in [2.75, 3.05) is 6.54 Å². The van der Waals surface area contributed by atoms with Gasteiger partial charge >= 0.3 is 0 Å². The summed E-state index contributed by atoms with van der Waals surface area (Å²) >= 11 is 0. The van der Waals surface area contributed by atoms with Crippen LogP contribution >= 0.6 is 0 Å². The van der Waals surface area contributed by atoms with Crippen molar-refractivity contribution in [2.45, 2.75) is 50.7 Å². The maximum absolute atomic E-state index is 9.46. The lowest BCUT2D eigenvalue weighted by molar-refractivity contribution is 0.172. The average molecular weight is 169 g/mol. The van der Waals surface area contributed by atoms with Crippen LogP contribution in [0.1, 0.15) is 39.0 Å². The molecule has 0 aromatic rings. The molecule has 0 aromatic heterocycles. The lowest BCUT2D eigenvalue weighted by Gasteiger charge is -2.31. The lowest BCUT2D eigenvalue weighted by Crippen LogP contribution is -2.42. The molecule has 2 nitrogen and oxygen atoms in total. The van der Waals surface area contributed by atoms with Gasteiger partial charge in [-0.2, -0.15) is 0 Å². The van der Waals surface area contributed by atoms with Crippen molar-refractivity contribution in [3.05, 3.63) is 0 Å². The molecule has 1 saturated carbocycles. The SMILES string of the molecule is CC1(C2CCCC2)CC(O)CN1. The highest BCUT2D eigenvalue weighted by atomic mass is 16.3. The van der Waals surface area contributed by atoms with E-state index in [4.69, 9.17) is 0 Å². The van der Waals surface area contributed by atoms with Crippen molar-refractivity contribution in [1.82, 2.24) is 5.32 Å². The molecule has 0 spiro atoms. The van der Waals surface area contributed by atoms with Crippen LogP contribution in [-0.2, 0) is 0 Å². The molecular weight excluding hydrogens is 150 g/mol. The molecular formula is C10H19NO. The Morgan fingerprint density at radius 2 is 2.00 bits per heavy atom. The monoisotopic (exact) mass is 169 g/mol. The first kappa shape index (κ1) is 8.52. The van der Waals surface area contributed by atoms with Gasteiger partial charge in [0, 0.05) is 12.1 Å². The lowest BCUT2D eigenvalue weighted by atomic mass is 9.83. The molecule has 70 valence electrons. The molecule has 1 heterocycles. The van der Waals surface area contributed by atoms with Crippen molar-refractivity contribution in [3.8, 4) is 0 Å². The molecule has 1 aliphatic carbocycles. The fraction of sp³-hybridized carbons (Fsp3) is 1.00. The second-order valence-corrected chi connectivity index (χ2v) is 4.64. The van der Waals surface area contributed by atoms with Gasteiger partial charge in [0.2, 0.25) is 0 Å². The summed E-state index contributed by atoms with van der Waals surface area (Å²) in [6.07, 6.45) is 6.34. The number of rotatable bonds is 1. The van der Waals surface area contributed by atoms with Crippen LogP contribution in [0.2, 0.25) is 0 Å². The molecule has 0 bridgehead atoms. The summed E-state index contributed by atoms with van der Waals surface area (Å²) < 4.78 is 0. The summed E-state index contributed by atoms with van der Waals surface area (Å²) in [5, 5.41) is 12.9. The minimum atomic E-state index is -0.101. The highest BCUT2D eigenvalue weighted by Crippen LogP contribution is 2.38. The second kappa shape index (κ2) is 3.00. The van der Waals surface area contributed by atoms with E-state index in [1.807, 2.05) is 0 Å². The Labute approximate surface area is 74.4 Å². The zero-order valence-electron chi connectivity index (χ0n) is 7.84. The summed E-state index contributed by atoms with van der Waals surface area (Å²) in [6, 6.07) is 0. The third-order valence-corrected chi connectivity index (χ3v) is 3.66. The fourth-order valence-corrected chi connectivity index (χ4v) is 2.86. The van der Waals surface area contributed by atoms with Crippen LogP contribution < -0.4 is 5.32 Å². The molecule has 2 unspecified atom stereocenters. The normalized spacial score (nSPS) is 44.0. The molecule has 2 atom stereocenters. The molecule has 2 heteroatoms. The van der Waals surface area contributed by atoms with E-state index in [0.717, 1.165) is 18.9 Å². The maximum atomic E-state index is 9.46. The van der Waals surface area contributed by atoms with Crippen molar-refractivity contribution < 1.29 is 5.11 Å². The first-order valence-corrected chi connectivity index (χ1v) is 5.14. The van der Waals surface area contributed by atoms with Gasteiger partial charge in [-0.25, -0.2) is 0 Å². The summed E-state index contributed by atoms with van der Waals surface area (Å²) in [7, 11) is 0. The van der Waals surface area contributed by atoms with E-state index in [1.54, 1.807) is 0 Å². The average Bonchev–Trinajstić information content (AvgIpc) is 2.59. The van der Waals surface area contributed by atoms with Crippen LogP contribution in [0.25, 0.3) is 0 Å². The van der Waals surface area contributed by atoms with E-state index >= 15 is 0 Å². The van der Waals surface area contributed by atoms with Crippen LogP contribution in [0.3, 0.4) is 0 Å². The van der Waals surface area contributed by atoms with Gasteiger partial charge in [-0.05, 0) is 32.1 Å². The van der Waals surface area contributed by atoms with E-state index in [2.05, 4.69) is 12.2 Å². The highest BCUT2D eigenvalue weighted by Gasteiger charge is 2.41. The van der Waals surface area contributed by atoms with Crippen LogP contribution in [0.5, 0.6) is 0 Å². The molecule has 0 amide bonds. The maximum Gasteiger partial charge on any atom is 0.0682 e. The molecule has 0 aromatic carbocycles. The third kappa shape index (κ3) is 1.38. The van der Waals surface area contributed by atoms with Crippen LogP contribution in [0.4, 0.5) is 0 Å². The van der Waals surface area contributed by atoms with E-state index in [0.29, 0.717) is 0 Å². The van der Waals surface area contributed by atoms with Gasteiger partial charge in [-0.3, -0.25) is 0 Å². The van der Waals surface area contributed by atoms with Crippen molar-refractivity contribution in [3.63, 3.8) is 0 Å². The molecule has 1 saturated heterocycles. The Morgan fingerprint density at radius 1 is 1.33 bits per heavy atom. The number of β-amino-alcohol motifs (C(OH)–C–C–N with tert-alkyl or cyclic N) is 1. The van der Waals surface area contributed by atoms with Crippen molar-refractivity contribution in [1.29, 1.82) is 0 Å². The van der Waals surface area contributed by atoms with Gasteiger partial charge in [0.25, 0.3) is 0 Å². The van der Waals surface area contributed by atoms with Crippen LogP contribution in [-0.4, -0.2) is 23.3 Å². The topological polar surface area (TPSA) is 32.3 Å². The summed E-state index contributed by atoms with van der Waals surface area (Å²) in [4.78, 5) is 0. The van der Waals surface area contributed by atoms with Gasteiger partial charge in [-0.1, -0.05) is 12.8 Å². The quantitative estimate of drug-likeness (QED) is 0.620. The van der Waals surface area contributed by atoms with Gasteiger partial charge in [0.05, 0.1) is 6.10 Å². The van der Waals surface area contributed by atoms with E-state index in [1.165, 1.54) is 25.7 Å². The largest absolute Gasteiger partial charge is 0.392 e. The molecule has 12 heavy (non-hydrogen) atoms. The molecule has 0 radical (unpaired) electrons. The minimum Gasteiger partial charge on any atom is -0.392 e. The van der Waals surface area contributed by atoms with Gasteiger partial charge < -0.3 is 10.4 Å². The number of aliphatic hydroxyl groups is 1. The van der Waals surface area contributed by atoms with Crippen LogP contribution in [0, 0.1) is 5.92 Å². The predicted molar refractivity (Wildman–Crippen MR) is 49.0 cm³/mol. The minimum absolute atomic E-state index is 0.101. The number of aliphatic hydroxyl groups excluding tert-OH is 1. The standard InChI is InChI=1S/C10H19NO/c1-10(6-9(12)7-11-10)8-4-2-3-5-8/h8-9,11-12H,2-7H2,1H3. The summed E-state index contributed by atoms with van der Waals surface area (Å²) in [5.74, 6) is 0.814. The fourth-order valence-electron chi connectivity index (χ4n) is 2.86. The van der Waals surface area contributed by atoms with Gasteiger partial charge in [-0.15, -0.1) is 0 Å². The van der Waals surface area contributed by atoms with Crippen LogP contribution in [0.15, 0.2) is 0 Å². The van der Waals surface area contributed by atoms with Crippen molar-refractivity contribution >= 4 is 0 Å². The van der Waals surface area contributed by atoms with Gasteiger partial charge in [0.15, 0.2) is 0 Å². The first-order valence-electron chi connectivity index (χ1n) is 5.14. The zero-order chi connectivity index (χ0) is 8.60. The molecule has 2 rings (SSSR count). The molecule has 2 N–H and O–H groups in total. The smallest absolute Gasteiger partial charge is 0.0682 e. The second-order valence-electron chi connectivity index (χ2n) is 4.64. The zero-order valence-corrected chi connectivity index (χ0v) is 7.84. The molecule has 2 fully saturated rings. The van der Waals surface area contributed by atoms with E-state index < -0.39 is 0 Å².